The molecule has 0 unspecified atom stereocenters. The Labute approximate surface area is 149 Å². The third-order valence-electron chi connectivity index (χ3n) is 4.07. The number of amides is 2. The van der Waals surface area contributed by atoms with Crippen molar-refractivity contribution in [2.45, 2.75) is 46.5 Å². The zero-order chi connectivity index (χ0) is 18.4. The maximum absolute atomic E-state index is 12.8. The fourth-order valence-electron chi connectivity index (χ4n) is 2.80. The summed E-state index contributed by atoms with van der Waals surface area (Å²) in [5.74, 6) is 0.567. The number of carbonyl (C=O) groups excluding carboxylic acids is 2. The lowest BCUT2D eigenvalue weighted by molar-refractivity contribution is -0.121. The van der Waals surface area contributed by atoms with Crippen molar-refractivity contribution in [1.82, 2.24) is 5.43 Å². The molecule has 0 saturated carbocycles. The molecule has 1 aromatic rings. The fraction of sp³-hybridized carbons (Fsp3) is 0.526. The van der Waals surface area contributed by atoms with E-state index in [4.69, 9.17) is 4.74 Å². The minimum atomic E-state index is -0.185. The number of unbranched alkanes of at least 4 members (excludes halogenated alkanes) is 2. The summed E-state index contributed by atoms with van der Waals surface area (Å²) in [4.78, 5) is 26.4. The van der Waals surface area contributed by atoms with E-state index in [2.05, 4.69) is 17.5 Å². The van der Waals surface area contributed by atoms with Gasteiger partial charge in [-0.05, 0) is 24.5 Å². The van der Waals surface area contributed by atoms with Crippen LogP contribution in [0.5, 0.6) is 5.75 Å². The predicted octanol–water partition coefficient (Wildman–Crippen LogP) is 3.10. The van der Waals surface area contributed by atoms with Gasteiger partial charge < -0.3 is 9.64 Å². The van der Waals surface area contributed by atoms with E-state index in [1.807, 2.05) is 26.0 Å². The van der Waals surface area contributed by atoms with E-state index in [9.17, 15) is 9.59 Å². The number of benzene rings is 1. The first-order valence-corrected chi connectivity index (χ1v) is 8.84. The quantitative estimate of drug-likeness (QED) is 0.581. The number of hydrogen-bond donors (Lipinski definition) is 1. The van der Waals surface area contributed by atoms with Crippen LogP contribution in [0.25, 0.3) is 0 Å². The molecule has 0 aromatic heterocycles. The minimum Gasteiger partial charge on any atom is -0.497 e. The Morgan fingerprint density at radius 2 is 2.08 bits per heavy atom. The van der Waals surface area contributed by atoms with Crippen molar-refractivity contribution in [1.29, 1.82) is 0 Å². The molecule has 1 heterocycles. The molecular formula is C19H27N3O3. The average Bonchev–Trinajstić information content (AvgIpc) is 2.83. The van der Waals surface area contributed by atoms with Crippen LogP contribution < -0.4 is 15.1 Å². The highest BCUT2D eigenvalue weighted by Crippen LogP contribution is 2.33. The molecule has 0 aliphatic carbocycles. The molecule has 0 atom stereocenters. The molecule has 1 N–H and O–H groups in total. The third-order valence-corrected chi connectivity index (χ3v) is 4.07. The lowest BCUT2D eigenvalue weighted by Crippen LogP contribution is -2.32. The van der Waals surface area contributed by atoms with Crippen molar-refractivity contribution in [3.63, 3.8) is 0 Å². The van der Waals surface area contributed by atoms with Crippen LogP contribution in [-0.4, -0.2) is 31.2 Å². The Morgan fingerprint density at radius 3 is 2.72 bits per heavy atom. The van der Waals surface area contributed by atoms with Gasteiger partial charge in [0.15, 0.2) is 5.71 Å². The van der Waals surface area contributed by atoms with Crippen LogP contribution in [0.3, 0.4) is 0 Å². The van der Waals surface area contributed by atoms with Crippen LogP contribution >= 0.6 is 0 Å². The Hall–Kier alpha value is -2.37. The van der Waals surface area contributed by atoms with E-state index >= 15 is 0 Å². The van der Waals surface area contributed by atoms with Crippen LogP contribution in [-0.2, 0) is 9.59 Å². The summed E-state index contributed by atoms with van der Waals surface area (Å²) < 4.78 is 5.28. The summed E-state index contributed by atoms with van der Waals surface area (Å²) in [6.45, 7) is 6.68. The van der Waals surface area contributed by atoms with Gasteiger partial charge in [-0.3, -0.25) is 9.59 Å². The number of methoxy groups -OCH3 is 1. The van der Waals surface area contributed by atoms with Crippen molar-refractivity contribution in [3.8, 4) is 5.75 Å². The topological polar surface area (TPSA) is 71.0 Å². The Bertz CT molecular complexity index is 668. The zero-order valence-corrected chi connectivity index (χ0v) is 15.5. The van der Waals surface area contributed by atoms with Crippen molar-refractivity contribution in [2.75, 3.05) is 18.6 Å². The molecule has 0 saturated heterocycles. The van der Waals surface area contributed by atoms with Gasteiger partial charge in [-0.2, -0.15) is 5.10 Å². The molecule has 6 heteroatoms. The molecule has 0 bridgehead atoms. The number of nitrogens with zero attached hydrogens (tertiary/aromatic N) is 2. The van der Waals surface area contributed by atoms with Crippen molar-refractivity contribution < 1.29 is 14.3 Å². The van der Waals surface area contributed by atoms with Crippen LogP contribution in [0.15, 0.2) is 23.3 Å². The SMILES string of the molecule is CCCCCN1C(=O)C(=NNC(=O)CC(C)C)c2ccc(OC)cc21. The van der Waals surface area contributed by atoms with Crippen LogP contribution in [0.1, 0.15) is 52.0 Å². The second-order valence-corrected chi connectivity index (χ2v) is 6.64. The number of carbonyl (C=O) groups is 2. The highest BCUT2D eigenvalue weighted by Gasteiger charge is 2.34. The van der Waals surface area contributed by atoms with Gasteiger partial charge in [0.05, 0.1) is 12.8 Å². The molecule has 1 aliphatic rings. The van der Waals surface area contributed by atoms with Crippen molar-refractivity contribution >= 4 is 23.2 Å². The van der Waals surface area contributed by atoms with Crippen molar-refractivity contribution in [2.24, 2.45) is 11.0 Å². The number of anilines is 1. The summed E-state index contributed by atoms with van der Waals surface area (Å²) in [6.07, 6.45) is 3.44. The van der Waals surface area contributed by atoms with Crippen LogP contribution in [0.2, 0.25) is 0 Å². The Morgan fingerprint density at radius 1 is 1.32 bits per heavy atom. The molecule has 2 rings (SSSR count). The molecule has 25 heavy (non-hydrogen) atoms. The van der Waals surface area contributed by atoms with Gasteiger partial charge in [0, 0.05) is 24.6 Å². The molecule has 0 spiro atoms. The zero-order valence-electron chi connectivity index (χ0n) is 15.5. The van der Waals surface area contributed by atoms with E-state index in [1.54, 1.807) is 18.1 Å². The van der Waals surface area contributed by atoms with E-state index in [1.165, 1.54) is 0 Å². The molecule has 2 amide bonds. The number of fused-ring (bicyclic) bond motifs is 1. The lowest BCUT2D eigenvalue weighted by atomic mass is 10.1. The highest BCUT2D eigenvalue weighted by atomic mass is 16.5. The molecule has 0 fully saturated rings. The first-order chi connectivity index (χ1) is 12.0. The van der Waals surface area contributed by atoms with E-state index in [0.717, 1.165) is 30.5 Å². The maximum atomic E-state index is 12.8. The number of rotatable bonds is 8. The smallest absolute Gasteiger partial charge is 0.279 e. The number of hydrazone groups is 1. The fourth-order valence-corrected chi connectivity index (χ4v) is 2.80. The molecule has 1 aromatic carbocycles. The molecule has 0 radical (unpaired) electrons. The largest absolute Gasteiger partial charge is 0.497 e. The summed E-state index contributed by atoms with van der Waals surface area (Å²) in [7, 11) is 1.60. The number of ether oxygens (including phenoxy) is 1. The minimum absolute atomic E-state index is 0.177. The van der Waals surface area contributed by atoms with Gasteiger partial charge in [0.1, 0.15) is 5.75 Å². The van der Waals surface area contributed by atoms with E-state index in [-0.39, 0.29) is 23.4 Å². The number of hydrogen-bond acceptors (Lipinski definition) is 4. The van der Waals surface area contributed by atoms with Gasteiger partial charge in [0.2, 0.25) is 5.91 Å². The van der Waals surface area contributed by atoms with Gasteiger partial charge in [-0.15, -0.1) is 0 Å². The second-order valence-electron chi connectivity index (χ2n) is 6.64. The van der Waals surface area contributed by atoms with Crippen LogP contribution in [0, 0.1) is 5.92 Å². The highest BCUT2D eigenvalue weighted by molar-refractivity contribution is 6.54. The predicted molar refractivity (Wildman–Crippen MR) is 99.0 cm³/mol. The third kappa shape index (κ3) is 4.59. The van der Waals surface area contributed by atoms with Gasteiger partial charge >= 0.3 is 0 Å². The average molecular weight is 345 g/mol. The molecule has 6 nitrogen and oxygen atoms in total. The standard InChI is InChI=1S/C19H27N3O3/c1-5-6-7-10-22-16-12-14(25-4)8-9-15(16)18(19(22)24)21-20-17(23)11-13(2)3/h8-9,12-13H,5-7,10-11H2,1-4H3,(H,20,23). The molecule has 1 aliphatic heterocycles. The second kappa shape index (κ2) is 8.65. The number of nitrogens with one attached hydrogen (secondary N) is 1. The first-order valence-electron chi connectivity index (χ1n) is 8.84. The summed E-state index contributed by atoms with van der Waals surface area (Å²) >= 11 is 0. The molecular weight excluding hydrogens is 318 g/mol. The Balaban J connectivity index is 2.27. The monoisotopic (exact) mass is 345 g/mol. The Kier molecular flexibility index (Phi) is 6.56. The normalized spacial score (nSPS) is 15.0. The summed E-state index contributed by atoms with van der Waals surface area (Å²) in [6, 6.07) is 5.46. The first kappa shape index (κ1) is 19.0. The van der Waals surface area contributed by atoms with Gasteiger partial charge in [-0.1, -0.05) is 33.6 Å². The maximum Gasteiger partial charge on any atom is 0.279 e. The summed E-state index contributed by atoms with van der Waals surface area (Å²) in [5, 5.41) is 4.12. The van der Waals surface area contributed by atoms with Gasteiger partial charge in [0.25, 0.3) is 5.91 Å². The van der Waals surface area contributed by atoms with E-state index in [0.29, 0.717) is 18.7 Å². The summed E-state index contributed by atoms with van der Waals surface area (Å²) in [5.41, 5.74) is 4.32. The van der Waals surface area contributed by atoms with E-state index < -0.39 is 0 Å². The lowest BCUT2D eigenvalue weighted by Gasteiger charge is -2.17. The molecule has 136 valence electrons. The van der Waals surface area contributed by atoms with Crippen LogP contribution in [0.4, 0.5) is 5.69 Å². The van der Waals surface area contributed by atoms with Gasteiger partial charge in [-0.25, -0.2) is 5.43 Å². The van der Waals surface area contributed by atoms with Crippen molar-refractivity contribution in [3.05, 3.63) is 23.8 Å².